The van der Waals surface area contributed by atoms with E-state index in [9.17, 15) is 4.79 Å². The van der Waals surface area contributed by atoms with Gasteiger partial charge in [0.25, 0.3) is 0 Å². The molecule has 1 fully saturated rings. The summed E-state index contributed by atoms with van der Waals surface area (Å²) in [5.41, 5.74) is 0. The second-order valence-corrected chi connectivity index (χ2v) is 6.39. The van der Waals surface area contributed by atoms with Gasteiger partial charge in [0, 0.05) is 45.2 Å². The largest absolute Gasteiger partial charge is 0.356 e. The van der Waals surface area contributed by atoms with Gasteiger partial charge < -0.3 is 20.9 Å². The van der Waals surface area contributed by atoms with Crippen LogP contribution in [0.15, 0.2) is 4.99 Å². The summed E-state index contributed by atoms with van der Waals surface area (Å²) in [6.45, 7) is 10.4. The fraction of sp³-hybridized carbons (Fsp3) is 0.882. The monoisotopic (exact) mass is 325 g/mol. The maximum Gasteiger partial charge on any atom is 0.221 e. The molecular formula is C17H35N5O. The normalized spacial score (nSPS) is 18.5. The summed E-state index contributed by atoms with van der Waals surface area (Å²) in [5, 5.41) is 9.69. The van der Waals surface area contributed by atoms with Gasteiger partial charge >= 0.3 is 0 Å². The van der Waals surface area contributed by atoms with Crippen molar-refractivity contribution in [2.24, 2.45) is 4.99 Å². The number of nitrogens with one attached hydrogen (secondary N) is 3. The van der Waals surface area contributed by atoms with E-state index in [0.717, 1.165) is 38.3 Å². The molecule has 0 radical (unpaired) electrons. The van der Waals surface area contributed by atoms with E-state index in [0.29, 0.717) is 19.0 Å². The topological polar surface area (TPSA) is 68.8 Å². The molecule has 1 aliphatic rings. The Morgan fingerprint density at radius 3 is 2.57 bits per heavy atom. The fourth-order valence-electron chi connectivity index (χ4n) is 2.75. The van der Waals surface area contributed by atoms with Crippen LogP contribution in [0.25, 0.3) is 0 Å². The van der Waals surface area contributed by atoms with E-state index in [-0.39, 0.29) is 11.9 Å². The van der Waals surface area contributed by atoms with Crippen molar-refractivity contribution in [1.82, 2.24) is 20.9 Å². The molecule has 6 nitrogen and oxygen atoms in total. The number of amides is 1. The quantitative estimate of drug-likeness (QED) is 0.465. The molecule has 23 heavy (non-hydrogen) atoms. The summed E-state index contributed by atoms with van der Waals surface area (Å²) in [6, 6.07) is 0.719. The smallest absolute Gasteiger partial charge is 0.221 e. The standard InChI is InChI=1S/C17H35N5O/c1-5-11-22-12-8-15(9-13-22)21-17(18-4)19-10-7-16(23)20-14(3)6-2/h14-15H,5-13H2,1-4H3,(H,20,23)(H2,18,19,21). The van der Waals surface area contributed by atoms with Crippen LogP contribution in [0.3, 0.4) is 0 Å². The lowest BCUT2D eigenvalue weighted by Crippen LogP contribution is -2.49. The van der Waals surface area contributed by atoms with E-state index in [4.69, 9.17) is 0 Å². The molecular weight excluding hydrogens is 290 g/mol. The Balaban J connectivity index is 2.21. The minimum atomic E-state index is 0.0928. The Hall–Kier alpha value is -1.30. The zero-order chi connectivity index (χ0) is 17.1. The van der Waals surface area contributed by atoms with Crippen LogP contribution in [0.1, 0.15) is 52.9 Å². The molecule has 1 rings (SSSR count). The van der Waals surface area contributed by atoms with Crippen LogP contribution in [-0.4, -0.2) is 62.1 Å². The molecule has 0 aliphatic carbocycles. The van der Waals surface area contributed by atoms with Crippen molar-refractivity contribution in [3.05, 3.63) is 0 Å². The van der Waals surface area contributed by atoms with Crippen molar-refractivity contribution < 1.29 is 4.79 Å². The first kappa shape index (κ1) is 19.7. The van der Waals surface area contributed by atoms with E-state index in [2.05, 4.69) is 39.7 Å². The fourth-order valence-corrected chi connectivity index (χ4v) is 2.75. The Morgan fingerprint density at radius 1 is 1.30 bits per heavy atom. The second-order valence-electron chi connectivity index (χ2n) is 6.39. The zero-order valence-electron chi connectivity index (χ0n) is 15.3. The Morgan fingerprint density at radius 2 is 2.00 bits per heavy atom. The van der Waals surface area contributed by atoms with Gasteiger partial charge in [-0.1, -0.05) is 13.8 Å². The third-order valence-electron chi connectivity index (χ3n) is 4.36. The van der Waals surface area contributed by atoms with Gasteiger partial charge in [-0.2, -0.15) is 0 Å². The van der Waals surface area contributed by atoms with E-state index >= 15 is 0 Å². The summed E-state index contributed by atoms with van der Waals surface area (Å²) in [6.07, 6.45) is 4.95. The number of carbonyl (C=O) groups excluding carboxylic acids is 1. The van der Waals surface area contributed by atoms with E-state index in [1.807, 2.05) is 6.92 Å². The molecule has 6 heteroatoms. The minimum Gasteiger partial charge on any atom is -0.356 e. The lowest BCUT2D eigenvalue weighted by atomic mass is 10.1. The second kappa shape index (κ2) is 11.3. The number of hydrogen-bond donors (Lipinski definition) is 3. The highest BCUT2D eigenvalue weighted by molar-refractivity contribution is 5.81. The molecule has 1 amide bonds. The molecule has 3 N–H and O–H groups in total. The molecule has 0 saturated carbocycles. The number of likely N-dealkylation sites (tertiary alicyclic amines) is 1. The molecule has 0 aromatic rings. The molecule has 1 heterocycles. The van der Waals surface area contributed by atoms with Crippen molar-refractivity contribution in [3.8, 4) is 0 Å². The van der Waals surface area contributed by atoms with Gasteiger partial charge in [0.1, 0.15) is 0 Å². The van der Waals surface area contributed by atoms with Crippen LogP contribution in [0.2, 0.25) is 0 Å². The first-order valence-electron chi connectivity index (χ1n) is 9.07. The average molecular weight is 326 g/mol. The molecule has 1 unspecified atom stereocenters. The first-order chi connectivity index (χ1) is 11.1. The summed E-state index contributed by atoms with van der Waals surface area (Å²) < 4.78 is 0. The third kappa shape index (κ3) is 8.21. The van der Waals surface area contributed by atoms with Crippen LogP contribution in [-0.2, 0) is 4.79 Å². The highest BCUT2D eigenvalue weighted by Crippen LogP contribution is 2.10. The molecule has 1 saturated heterocycles. The highest BCUT2D eigenvalue weighted by Gasteiger charge is 2.19. The Kier molecular flexibility index (Phi) is 9.67. The SMILES string of the molecule is CCCN1CCC(NC(=NC)NCCC(=O)NC(C)CC)CC1. The Labute approximate surface area is 141 Å². The van der Waals surface area contributed by atoms with E-state index < -0.39 is 0 Å². The minimum absolute atomic E-state index is 0.0928. The van der Waals surface area contributed by atoms with Crippen LogP contribution >= 0.6 is 0 Å². The van der Waals surface area contributed by atoms with Crippen molar-refractivity contribution in [2.75, 3.05) is 33.2 Å². The van der Waals surface area contributed by atoms with Crippen LogP contribution in [0, 0.1) is 0 Å². The molecule has 1 atom stereocenters. The molecule has 1 aliphatic heterocycles. The van der Waals surface area contributed by atoms with Crippen molar-refractivity contribution in [2.45, 2.75) is 65.0 Å². The molecule has 0 aromatic heterocycles. The van der Waals surface area contributed by atoms with Gasteiger partial charge in [0.15, 0.2) is 5.96 Å². The van der Waals surface area contributed by atoms with Gasteiger partial charge in [-0.3, -0.25) is 9.79 Å². The number of aliphatic imine (C=N–C) groups is 1. The number of carbonyl (C=O) groups is 1. The summed E-state index contributed by atoms with van der Waals surface area (Å²) in [7, 11) is 1.78. The molecule has 134 valence electrons. The summed E-state index contributed by atoms with van der Waals surface area (Å²) in [5.74, 6) is 0.894. The highest BCUT2D eigenvalue weighted by atomic mass is 16.1. The number of nitrogens with zero attached hydrogens (tertiary/aromatic N) is 2. The van der Waals surface area contributed by atoms with Gasteiger partial charge in [0.2, 0.25) is 5.91 Å². The molecule has 0 bridgehead atoms. The van der Waals surface area contributed by atoms with Crippen LogP contribution in [0.5, 0.6) is 0 Å². The van der Waals surface area contributed by atoms with Gasteiger partial charge in [-0.15, -0.1) is 0 Å². The number of piperidine rings is 1. The summed E-state index contributed by atoms with van der Waals surface area (Å²) in [4.78, 5) is 18.5. The number of guanidine groups is 1. The van der Waals surface area contributed by atoms with E-state index in [1.165, 1.54) is 13.0 Å². The van der Waals surface area contributed by atoms with E-state index in [1.54, 1.807) is 7.05 Å². The summed E-state index contributed by atoms with van der Waals surface area (Å²) >= 11 is 0. The van der Waals surface area contributed by atoms with Crippen molar-refractivity contribution in [1.29, 1.82) is 0 Å². The predicted molar refractivity (Wildman–Crippen MR) is 96.8 cm³/mol. The lowest BCUT2D eigenvalue weighted by Gasteiger charge is -2.32. The number of rotatable bonds is 8. The zero-order valence-corrected chi connectivity index (χ0v) is 15.3. The van der Waals surface area contributed by atoms with Crippen molar-refractivity contribution >= 4 is 11.9 Å². The van der Waals surface area contributed by atoms with Crippen LogP contribution < -0.4 is 16.0 Å². The van der Waals surface area contributed by atoms with Gasteiger partial charge in [0.05, 0.1) is 0 Å². The Bertz CT molecular complexity index is 364. The van der Waals surface area contributed by atoms with Crippen LogP contribution in [0.4, 0.5) is 0 Å². The van der Waals surface area contributed by atoms with Gasteiger partial charge in [-0.05, 0) is 39.2 Å². The van der Waals surface area contributed by atoms with Gasteiger partial charge in [-0.25, -0.2) is 0 Å². The first-order valence-corrected chi connectivity index (χ1v) is 9.07. The maximum atomic E-state index is 11.8. The third-order valence-corrected chi connectivity index (χ3v) is 4.36. The number of hydrogen-bond acceptors (Lipinski definition) is 3. The maximum absolute atomic E-state index is 11.8. The van der Waals surface area contributed by atoms with Crippen molar-refractivity contribution in [3.63, 3.8) is 0 Å². The molecule has 0 aromatic carbocycles. The average Bonchev–Trinajstić information content (AvgIpc) is 2.55. The molecule has 0 spiro atoms. The predicted octanol–water partition coefficient (Wildman–Crippen LogP) is 1.33. The lowest BCUT2D eigenvalue weighted by molar-refractivity contribution is -0.121.